The molecule has 0 saturated heterocycles. The van der Waals surface area contributed by atoms with E-state index in [1.165, 1.54) is 0 Å². The van der Waals surface area contributed by atoms with Crippen LogP contribution in [0.25, 0.3) is 16.7 Å². The molecular formula is C18H23N7O2. The van der Waals surface area contributed by atoms with Crippen molar-refractivity contribution >= 4 is 28.9 Å². The summed E-state index contributed by atoms with van der Waals surface area (Å²) in [4.78, 5) is 35.3. The average Bonchev–Trinajstić information content (AvgIpc) is 3.28. The second kappa shape index (κ2) is 8.35. The first-order chi connectivity index (χ1) is 13.1. The van der Waals surface area contributed by atoms with Crippen molar-refractivity contribution in [1.82, 2.24) is 30.2 Å². The molecule has 0 aliphatic heterocycles. The van der Waals surface area contributed by atoms with E-state index in [2.05, 4.69) is 37.8 Å². The number of aromatic amines is 1. The lowest BCUT2D eigenvalue weighted by atomic mass is 10.3. The van der Waals surface area contributed by atoms with Gasteiger partial charge in [0.2, 0.25) is 5.95 Å². The van der Waals surface area contributed by atoms with E-state index in [-0.39, 0.29) is 11.9 Å². The third-order valence-electron chi connectivity index (χ3n) is 3.97. The molecule has 3 aromatic rings. The SMILES string of the molecule is CCCCNC(=O)c1cn(-c2ccc3[nH]c(NC(=O)NCC)nc3c2)cn1. The van der Waals surface area contributed by atoms with Gasteiger partial charge in [-0.2, -0.15) is 0 Å². The standard InChI is InChI=1S/C18H23N7O2/c1-3-5-8-20-16(26)15-10-25(11-21-15)12-6-7-13-14(9-12)23-17(22-13)24-18(27)19-4-2/h6-7,9-11H,3-5,8H2,1-2H3,(H,20,26)(H3,19,22,23,24,27). The topological polar surface area (TPSA) is 117 Å². The molecule has 2 heterocycles. The number of carbonyl (C=O) groups excluding carboxylic acids is 2. The molecule has 0 bridgehead atoms. The van der Waals surface area contributed by atoms with E-state index in [1.54, 1.807) is 17.1 Å². The van der Waals surface area contributed by atoms with Crippen molar-refractivity contribution in [2.75, 3.05) is 18.4 Å². The molecule has 0 radical (unpaired) electrons. The molecular weight excluding hydrogens is 346 g/mol. The number of imidazole rings is 2. The van der Waals surface area contributed by atoms with Gasteiger partial charge < -0.3 is 20.2 Å². The number of aromatic nitrogens is 4. The van der Waals surface area contributed by atoms with Crippen LogP contribution >= 0.6 is 0 Å². The first kappa shape index (κ1) is 18.4. The van der Waals surface area contributed by atoms with Crippen LogP contribution in [0.15, 0.2) is 30.7 Å². The molecule has 9 heteroatoms. The molecule has 0 spiro atoms. The molecule has 142 valence electrons. The number of benzene rings is 1. The maximum atomic E-state index is 12.1. The van der Waals surface area contributed by atoms with Crippen molar-refractivity contribution < 1.29 is 9.59 Å². The molecule has 0 unspecified atom stereocenters. The molecule has 1 aromatic carbocycles. The van der Waals surface area contributed by atoms with Crippen molar-refractivity contribution in [2.45, 2.75) is 26.7 Å². The summed E-state index contributed by atoms with van der Waals surface area (Å²) in [5.41, 5.74) is 2.68. The summed E-state index contributed by atoms with van der Waals surface area (Å²) < 4.78 is 1.76. The molecule has 0 aliphatic carbocycles. The van der Waals surface area contributed by atoms with Gasteiger partial charge in [-0.15, -0.1) is 0 Å². The van der Waals surface area contributed by atoms with E-state index >= 15 is 0 Å². The Bertz CT molecular complexity index is 944. The molecule has 0 atom stereocenters. The number of hydrogen-bond acceptors (Lipinski definition) is 4. The number of carbonyl (C=O) groups is 2. The largest absolute Gasteiger partial charge is 0.351 e. The minimum atomic E-state index is -0.315. The highest BCUT2D eigenvalue weighted by molar-refractivity contribution is 5.92. The molecule has 4 N–H and O–H groups in total. The predicted molar refractivity (Wildman–Crippen MR) is 103 cm³/mol. The normalized spacial score (nSPS) is 10.7. The first-order valence-corrected chi connectivity index (χ1v) is 8.98. The van der Waals surface area contributed by atoms with Crippen molar-refractivity contribution in [1.29, 1.82) is 0 Å². The monoisotopic (exact) mass is 369 g/mol. The molecule has 0 aliphatic rings. The van der Waals surface area contributed by atoms with Crippen LogP contribution in [-0.4, -0.2) is 44.5 Å². The number of nitrogens with zero attached hydrogens (tertiary/aromatic N) is 3. The lowest BCUT2D eigenvalue weighted by Crippen LogP contribution is -2.28. The van der Waals surface area contributed by atoms with Crippen LogP contribution < -0.4 is 16.0 Å². The zero-order chi connectivity index (χ0) is 19.2. The van der Waals surface area contributed by atoms with E-state index in [1.807, 2.05) is 25.1 Å². The van der Waals surface area contributed by atoms with E-state index in [9.17, 15) is 9.59 Å². The Morgan fingerprint density at radius 3 is 2.85 bits per heavy atom. The Balaban J connectivity index is 1.75. The van der Waals surface area contributed by atoms with Crippen LogP contribution in [0.3, 0.4) is 0 Å². The molecule has 3 rings (SSSR count). The zero-order valence-corrected chi connectivity index (χ0v) is 15.4. The Morgan fingerprint density at radius 1 is 1.22 bits per heavy atom. The van der Waals surface area contributed by atoms with Crippen LogP contribution in [0.2, 0.25) is 0 Å². The van der Waals surface area contributed by atoms with Crippen LogP contribution in [0, 0.1) is 0 Å². The highest BCUT2D eigenvalue weighted by atomic mass is 16.2. The Labute approximate surface area is 156 Å². The van der Waals surface area contributed by atoms with Crippen molar-refractivity contribution in [3.05, 3.63) is 36.4 Å². The number of rotatable bonds is 7. The smallest absolute Gasteiger partial charge is 0.321 e. The first-order valence-electron chi connectivity index (χ1n) is 8.98. The minimum Gasteiger partial charge on any atom is -0.351 e. The maximum Gasteiger partial charge on any atom is 0.321 e. The molecule has 3 amide bonds. The number of fused-ring (bicyclic) bond motifs is 1. The fraction of sp³-hybridized carbons (Fsp3) is 0.333. The number of hydrogen-bond donors (Lipinski definition) is 4. The van der Waals surface area contributed by atoms with E-state index < -0.39 is 0 Å². The highest BCUT2D eigenvalue weighted by Crippen LogP contribution is 2.19. The molecule has 9 nitrogen and oxygen atoms in total. The van der Waals surface area contributed by atoms with Crippen molar-refractivity contribution in [2.24, 2.45) is 0 Å². The van der Waals surface area contributed by atoms with Crippen molar-refractivity contribution in [3.63, 3.8) is 0 Å². The number of nitrogens with one attached hydrogen (secondary N) is 4. The lowest BCUT2D eigenvalue weighted by Gasteiger charge is -2.02. The number of amides is 3. The van der Waals surface area contributed by atoms with Gasteiger partial charge in [-0.1, -0.05) is 13.3 Å². The summed E-state index contributed by atoms with van der Waals surface area (Å²) in [7, 11) is 0. The van der Waals surface area contributed by atoms with Gasteiger partial charge in [0.1, 0.15) is 12.0 Å². The van der Waals surface area contributed by atoms with Gasteiger partial charge in [0.15, 0.2) is 0 Å². The number of anilines is 1. The lowest BCUT2D eigenvalue weighted by molar-refractivity contribution is 0.0948. The van der Waals surface area contributed by atoms with Gasteiger partial charge in [0.25, 0.3) is 5.91 Å². The van der Waals surface area contributed by atoms with Crippen LogP contribution in [0.1, 0.15) is 37.2 Å². The van der Waals surface area contributed by atoms with Gasteiger partial charge in [0.05, 0.1) is 11.0 Å². The van der Waals surface area contributed by atoms with Crippen LogP contribution in [0.4, 0.5) is 10.7 Å². The van der Waals surface area contributed by atoms with E-state index in [0.29, 0.717) is 30.2 Å². The third kappa shape index (κ3) is 4.43. The predicted octanol–water partition coefficient (Wildman–Crippen LogP) is 2.42. The summed E-state index contributed by atoms with van der Waals surface area (Å²) in [6.07, 6.45) is 5.24. The summed E-state index contributed by atoms with van der Waals surface area (Å²) in [5, 5.41) is 8.14. The second-order valence-corrected chi connectivity index (χ2v) is 6.05. The van der Waals surface area contributed by atoms with E-state index in [4.69, 9.17) is 0 Å². The maximum absolute atomic E-state index is 12.1. The minimum absolute atomic E-state index is 0.184. The van der Waals surface area contributed by atoms with Crippen LogP contribution in [-0.2, 0) is 0 Å². The van der Waals surface area contributed by atoms with Gasteiger partial charge >= 0.3 is 6.03 Å². The van der Waals surface area contributed by atoms with Gasteiger partial charge in [0, 0.05) is 25.0 Å². The highest BCUT2D eigenvalue weighted by Gasteiger charge is 2.11. The Morgan fingerprint density at radius 2 is 2.07 bits per heavy atom. The second-order valence-electron chi connectivity index (χ2n) is 6.05. The van der Waals surface area contributed by atoms with Gasteiger partial charge in [-0.25, -0.2) is 14.8 Å². The molecule has 2 aromatic heterocycles. The van der Waals surface area contributed by atoms with Gasteiger partial charge in [-0.05, 0) is 31.5 Å². The average molecular weight is 369 g/mol. The fourth-order valence-corrected chi connectivity index (χ4v) is 2.58. The van der Waals surface area contributed by atoms with Crippen LogP contribution in [0.5, 0.6) is 0 Å². The van der Waals surface area contributed by atoms with E-state index in [0.717, 1.165) is 24.0 Å². The zero-order valence-electron chi connectivity index (χ0n) is 15.4. The van der Waals surface area contributed by atoms with Gasteiger partial charge in [-0.3, -0.25) is 10.1 Å². The summed E-state index contributed by atoms with van der Waals surface area (Å²) in [6, 6.07) is 5.29. The van der Waals surface area contributed by atoms with Crippen molar-refractivity contribution in [3.8, 4) is 5.69 Å². The summed E-state index contributed by atoms with van der Waals surface area (Å²) >= 11 is 0. The molecule has 27 heavy (non-hydrogen) atoms. The molecule has 0 fully saturated rings. The summed E-state index contributed by atoms with van der Waals surface area (Å²) in [5.74, 6) is 0.186. The quantitative estimate of drug-likeness (QED) is 0.479. The number of H-pyrrole nitrogens is 1. The Hall–Kier alpha value is -3.36. The number of urea groups is 1. The number of unbranched alkanes of at least 4 members (excludes halogenated alkanes) is 1. The Kier molecular flexibility index (Phi) is 5.70. The third-order valence-corrected chi connectivity index (χ3v) is 3.97. The summed E-state index contributed by atoms with van der Waals surface area (Å²) in [6.45, 7) is 5.09. The fourth-order valence-electron chi connectivity index (χ4n) is 2.58. The molecule has 0 saturated carbocycles.